The number of ether oxygens (including phenoxy) is 2. The molecule has 5 nitrogen and oxygen atoms in total. The van der Waals surface area contributed by atoms with Gasteiger partial charge in [0, 0.05) is 19.3 Å². The number of carbonyl (C=O) groups is 1. The first-order valence-corrected chi connectivity index (χ1v) is 7.16. The molecule has 0 radical (unpaired) electrons. The van der Waals surface area contributed by atoms with Gasteiger partial charge in [0.15, 0.2) is 0 Å². The number of amides is 1. The molecule has 1 saturated heterocycles. The number of rotatable bonds is 6. The van der Waals surface area contributed by atoms with E-state index in [9.17, 15) is 4.79 Å². The summed E-state index contributed by atoms with van der Waals surface area (Å²) in [5.74, 6) is 0.736. The highest BCUT2D eigenvalue weighted by molar-refractivity contribution is 5.84. The summed E-state index contributed by atoms with van der Waals surface area (Å²) in [4.78, 5) is 16.0. The summed E-state index contributed by atoms with van der Waals surface area (Å²) in [6.07, 6.45) is 7.03. The molecule has 1 atom stereocenters. The first kappa shape index (κ1) is 14.8. The summed E-state index contributed by atoms with van der Waals surface area (Å²) in [7, 11) is 0. The van der Waals surface area contributed by atoms with Crippen molar-refractivity contribution in [2.75, 3.05) is 19.8 Å². The third-order valence-corrected chi connectivity index (χ3v) is 3.46. The molecule has 2 heterocycles. The lowest BCUT2D eigenvalue weighted by atomic mass is 9.95. The summed E-state index contributed by atoms with van der Waals surface area (Å²) >= 11 is 0. The fraction of sp³-hybridized carbons (Fsp3) is 0.600. The molecule has 0 aromatic carbocycles. The van der Waals surface area contributed by atoms with Crippen molar-refractivity contribution in [2.24, 2.45) is 0 Å². The summed E-state index contributed by atoms with van der Waals surface area (Å²) in [6.45, 7) is 3.70. The molecule has 1 amide bonds. The Kier molecular flexibility index (Phi) is 5.35. The van der Waals surface area contributed by atoms with Crippen molar-refractivity contribution in [1.82, 2.24) is 10.3 Å². The number of hydrogen-bond donors (Lipinski definition) is 1. The third kappa shape index (κ3) is 4.20. The monoisotopic (exact) mass is 278 g/mol. The Labute approximate surface area is 119 Å². The van der Waals surface area contributed by atoms with Crippen LogP contribution in [-0.4, -0.2) is 36.3 Å². The molecule has 5 heteroatoms. The van der Waals surface area contributed by atoms with Crippen molar-refractivity contribution in [1.29, 1.82) is 0 Å². The second-order valence-corrected chi connectivity index (χ2v) is 5.18. The van der Waals surface area contributed by atoms with Crippen molar-refractivity contribution in [3.05, 3.63) is 24.5 Å². The van der Waals surface area contributed by atoms with E-state index >= 15 is 0 Å². The standard InChI is InChI=1S/C15H22N2O3/c1-15(7-2-3-11-20-15)14(18)17-9-5-10-19-13-6-4-8-16-12-13/h4,6,8,12H,2-3,5,7,9-11H2,1H3,(H,17,18)/t15-/m1/s1. The van der Waals surface area contributed by atoms with Crippen LogP contribution in [-0.2, 0) is 9.53 Å². The Bertz CT molecular complexity index is 416. The van der Waals surface area contributed by atoms with Crippen LogP contribution >= 0.6 is 0 Å². The number of pyridine rings is 1. The third-order valence-electron chi connectivity index (χ3n) is 3.46. The van der Waals surface area contributed by atoms with Crippen molar-refractivity contribution >= 4 is 5.91 Å². The Morgan fingerprint density at radius 1 is 1.55 bits per heavy atom. The molecular formula is C15H22N2O3. The number of nitrogens with zero attached hydrogens (tertiary/aromatic N) is 1. The highest BCUT2D eigenvalue weighted by Gasteiger charge is 2.35. The van der Waals surface area contributed by atoms with E-state index in [0.717, 1.165) is 31.4 Å². The molecule has 110 valence electrons. The quantitative estimate of drug-likeness (QED) is 0.808. The van der Waals surface area contributed by atoms with Crippen LogP contribution in [0.15, 0.2) is 24.5 Å². The summed E-state index contributed by atoms with van der Waals surface area (Å²) in [5, 5.41) is 2.92. The minimum Gasteiger partial charge on any atom is -0.492 e. The molecule has 0 saturated carbocycles. The minimum absolute atomic E-state index is 0.0152. The molecule has 2 rings (SSSR count). The van der Waals surface area contributed by atoms with Crippen LogP contribution in [0.3, 0.4) is 0 Å². The number of hydrogen-bond acceptors (Lipinski definition) is 4. The van der Waals surface area contributed by atoms with Crippen LogP contribution in [0, 0.1) is 0 Å². The summed E-state index contributed by atoms with van der Waals surface area (Å²) in [6, 6.07) is 3.70. The van der Waals surface area contributed by atoms with Crippen molar-refractivity contribution < 1.29 is 14.3 Å². The second kappa shape index (κ2) is 7.24. The van der Waals surface area contributed by atoms with Gasteiger partial charge in [0.1, 0.15) is 11.4 Å². The predicted molar refractivity (Wildman–Crippen MR) is 75.6 cm³/mol. The maximum Gasteiger partial charge on any atom is 0.251 e. The molecule has 0 spiro atoms. The molecule has 1 fully saturated rings. The van der Waals surface area contributed by atoms with Gasteiger partial charge < -0.3 is 14.8 Å². The lowest BCUT2D eigenvalue weighted by molar-refractivity contribution is -0.150. The predicted octanol–water partition coefficient (Wildman–Crippen LogP) is 1.93. The first-order valence-electron chi connectivity index (χ1n) is 7.16. The maximum atomic E-state index is 12.1. The van der Waals surface area contributed by atoms with Crippen LogP contribution in [0.5, 0.6) is 5.75 Å². The van der Waals surface area contributed by atoms with Gasteiger partial charge in [-0.1, -0.05) is 0 Å². The van der Waals surface area contributed by atoms with Crippen LogP contribution in [0.2, 0.25) is 0 Å². The van der Waals surface area contributed by atoms with E-state index in [1.54, 1.807) is 12.4 Å². The zero-order valence-electron chi connectivity index (χ0n) is 11.9. The Morgan fingerprint density at radius 2 is 2.45 bits per heavy atom. The van der Waals surface area contributed by atoms with Crippen LogP contribution in [0.25, 0.3) is 0 Å². The molecule has 1 aliphatic rings. The maximum absolute atomic E-state index is 12.1. The van der Waals surface area contributed by atoms with E-state index in [-0.39, 0.29) is 5.91 Å². The van der Waals surface area contributed by atoms with E-state index in [4.69, 9.17) is 9.47 Å². The van der Waals surface area contributed by atoms with Crippen molar-refractivity contribution in [2.45, 2.75) is 38.2 Å². The smallest absolute Gasteiger partial charge is 0.251 e. The number of carbonyl (C=O) groups excluding carboxylic acids is 1. The number of nitrogens with one attached hydrogen (secondary N) is 1. The molecule has 1 aromatic rings. The first-order chi connectivity index (χ1) is 9.71. The van der Waals surface area contributed by atoms with E-state index in [2.05, 4.69) is 10.3 Å². The molecule has 1 aliphatic heterocycles. The molecule has 1 N–H and O–H groups in total. The summed E-state index contributed by atoms with van der Waals surface area (Å²) in [5.41, 5.74) is -0.650. The lowest BCUT2D eigenvalue weighted by Gasteiger charge is -2.32. The van der Waals surface area contributed by atoms with E-state index < -0.39 is 5.60 Å². The Hall–Kier alpha value is -1.62. The zero-order valence-corrected chi connectivity index (χ0v) is 11.9. The SMILES string of the molecule is C[C@]1(C(=O)NCCCOc2cccnc2)CCCCO1. The van der Waals surface area contributed by atoms with E-state index in [1.807, 2.05) is 19.1 Å². The highest BCUT2D eigenvalue weighted by atomic mass is 16.5. The van der Waals surface area contributed by atoms with Crippen LogP contribution in [0.1, 0.15) is 32.6 Å². The average Bonchev–Trinajstić information content (AvgIpc) is 2.48. The second-order valence-electron chi connectivity index (χ2n) is 5.18. The van der Waals surface area contributed by atoms with Gasteiger partial charge in [-0.25, -0.2) is 0 Å². The van der Waals surface area contributed by atoms with Gasteiger partial charge in [0.05, 0.1) is 12.8 Å². The minimum atomic E-state index is -0.650. The lowest BCUT2D eigenvalue weighted by Crippen LogP contribution is -2.48. The van der Waals surface area contributed by atoms with Crippen molar-refractivity contribution in [3.63, 3.8) is 0 Å². The normalized spacial score (nSPS) is 22.2. The molecular weight excluding hydrogens is 256 g/mol. The van der Waals surface area contributed by atoms with Gasteiger partial charge in [0.25, 0.3) is 5.91 Å². The van der Waals surface area contributed by atoms with Gasteiger partial charge in [-0.2, -0.15) is 0 Å². The molecule has 1 aromatic heterocycles. The number of aromatic nitrogens is 1. The van der Waals surface area contributed by atoms with Gasteiger partial charge in [-0.05, 0) is 44.7 Å². The Balaban J connectivity index is 1.62. The van der Waals surface area contributed by atoms with Gasteiger partial charge in [-0.15, -0.1) is 0 Å². The van der Waals surface area contributed by atoms with E-state index in [0.29, 0.717) is 19.8 Å². The van der Waals surface area contributed by atoms with Gasteiger partial charge in [0.2, 0.25) is 0 Å². The fourth-order valence-corrected chi connectivity index (χ4v) is 2.20. The van der Waals surface area contributed by atoms with Crippen LogP contribution < -0.4 is 10.1 Å². The Morgan fingerprint density at radius 3 is 3.15 bits per heavy atom. The molecule has 0 bridgehead atoms. The average molecular weight is 278 g/mol. The zero-order chi connectivity index (χ0) is 14.3. The van der Waals surface area contributed by atoms with E-state index in [1.165, 1.54) is 0 Å². The fourth-order valence-electron chi connectivity index (χ4n) is 2.20. The van der Waals surface area contributed by atoms with Gasteiger partial charge >= 0.3 is 0 Å². The van der Waals surface area contributed by atoms with Crippen molar-refractivity contribution in [3.8, 4) is 5.75 Å². The highest BCUT2D eigenvalue weighted by Crippen LogP contribution is 2.24. The molecule has 20 heavy (non-hydrogen) atoms. The van der Waals surface area contributed by atoms with Crippen LogP contribution in [0.4, 0.5) is 0 Å². The largest absolute Gasteiger partial charge is 0.492 e. The molecule has 0 aliphatic carbocycles. The molecule has 0 unspecified atom stereocenters. The summed E-state index contributed by atoms with van der Waals surface area (Å²) < 4.78 is 11.1. The topological polar surface area (TPSA) is 60.5 Å². The van der Waals surface area contributed by atoms with Gasteiger partial charge in [-0.3, -0.25) is 9.78 Å².